The Kier molecular flexibility index (Phi) is 2.60. The molecule has 0 bridgehead atoms. The van der Waals surface area contributed by atoms with Gasteiger partial charge in [-0.05, 0) is 35.6 Å². The molecule has 0 aliphatic carbocycles. The minimum Gasteiger partial charge on any atom is -0.378 e. The van der Waals surface area contributed by atoms with Crippen molar-refractivity contribution in [2.75, 3.05) is 5.32 Å². The molecule has 17 heavy (non-hydrogen) atoms. The van der Waals surface area contributed by atoms with Crippen molar-refractivity contribution in [3.63, 3.8) is 0 Å². The van der Waals surface area contributed by atoms with Crippen molar-refractivity contribution in [1.29, 1.82) is 0 Å². The van der Waals surface area contributed by atoms with Crippen molar-refractivity contribution in [1.82, 2.24) is 0 Å². The van der Waals surface area contributed by atoms with Gasteiger partial charge in [-0.3, -0.25) is 0 Å². The molecule has 0 radical (unpaired) electrons. The molecule has 1 N–H and O–H groups in total. The molecular formula is C16H17N. The number of para-hydroxylation sites is 1. The Morgan fingerprint density at radius 2 is 1.71 bits per heavy atom. The summed E-state index contributed by atoms with van der Waals surface area (Å²) < 4.78 is 0. The molecule has 1 heterocycles. The van der Waals surface area contributed by atoms with Gasteiger partial charge in [-0.25, -0.2) is 0 Å². The lowest BCUT2D eigenvalue weighted by Gasteiger charge is -2.18. The first kappa shape index (κ1) is 10.4. The first-order chi connectivity index (χ1) is 8.38. The van der Waals surface area contributed by atoms with Gasteiger partial charge in [0.05, 0.1) is 6.04 Å². The maximum absolute atomic E-state index is 3.67. The predicted molar refractivity (Wildman–Crippen MR) is 72.3 cm³/mol. The van der Waals surface area contributed by atoms with Crippen LogP contribution in [0.5, 0.6) is 0 Å². The molecular weight excluding hydrogens is 206 g/mol. The minimum atomic E-state index is 0.440. The van der Waals surface area contributed by atoms with Gasteiger partial charge < -0.3 is 5.32 Å². The van der Waals surface area contributed by atoms with Gasteiger partial charge in [0.2, 0.25) is 0 Å². The summed E-state index contributed by atoms with van der Waals surface area (Å²) in [6.07, 6.45) is 2.15. The molecule has 1 nitrogen and oxygen atoms in total. The summed E-state index contributed by atoms with van der Waals surface area (Å²) >= 11 is 0. The molecule has 0 amide bonds. The van der Waals surface area contributed by atoms with Crippen molar-refractivity contribution in [3.8, 4) is 0 Å². The molecule has 0 saturated carbocycles. The molecule has 1 aliphatic rings. The largest absolute Gasteiger partial charge is 0.378 e. The Bertz CT molecular complexity index is 531. The van der Waals surface area contributed by atoms with Crippen LogP contribution >= 0.6 is 0 Å². The van der Waals surface area contributed by atoms with Gasteiger partial charge in [0.1, 0.15) is 0 Å². The second-order valence-electron chi connectivity index (χ2n) is 4.64. The normalized spacial score (nSPS) is 17.6. The summed E-state index contributed by atoms with van der Waals surface area (Å²) in [5.41, 5.74) is 5.59. The fourth-order valence-electron chi connectivity index (χ4n) is 2.64. The third-order valence-corrected chi connectivity index (χ3v) is 3.57. The van der Waals surface area contributed by atoms with E-state index < -0.39 is 0 Å². The highest BCUT2D eigenvalue weighted by molar-refractivity contribution is 5.57. The maximum atomic E-state index is 3.67. The van der Waals surface area contributed by atoms with Gasteiger partial charge in [-0.2, -0.15) is 0 Å². The predicted octanol–water partition coefficient (Wildman–Crippen LogP) is 4.15. The molecule has 0 spiro atoms. The Hall–Kier alpha value is -1.76. The zero-order chi connectivity index (χ0) is 11.7. The van der Waals surface area contributed by atoms with E-state index in [4.69, 9.17) is 0 Å². The molecule has 1 heteroatoms. The van der Waals surface area contributed by atoms with Crippen LogP contribution in [-0.2, 0) is 6.42 Å². The number of hydrogen-bond donors (Lipinski definition) is 1. The van der Waals surface area contributed by atoms with Crippen LogP contribution in [0.3, 0.4) is 0 Å². The highest BCUT2D eigenvalue weighted by Gasteiger charge is 2.18. The summed E-state index contributed by atoms with van der Waals surface area (Å²) in [4.78, 5) is 0. The maximum Gasteiger partial charge on any atom is 0.0514 e. The molecule has 0 aromatic heterocycles. The fraction of sp³-hybridized carbons (Fsp3) is 0.250. The first-order valence-corrected chi connectivity index (χ1v) is 6.30. The smallest absolute Gasteiger partial charge is 0.0514 e. The third-order valence-electron chi connectivity index (χ3n) is 3.57. The standard InChI is InChI=1S/C16H17N/c1-2-15-14-9-5-3-7-12(14)11-13-8-4-6-10-16(13)17-15/h3-10,15,17H,2,11H2,1H3/t15-/m0/s1. The van der Waals surface area contributed by atoms with E-state index in [1.807, 2.05) is 0 Å². The Balaban J connectivity index is 2.13. The number of fused-ring (bicyclic) bond motifs is 2. The number of nitrogens with one attached hydrogen (secondary N) is 1. The summed E-state index contributed by atoms with van der Waals surface area (Å²) in [6.45, 7) is 2.24. The van der Waals surface area contributed by atoms with E-state index in [1.54, 1.807) is 0 Å². The van der Waals surface area contributed by atoms with Crippen LogP contribution in [0, 0.1) is 0 Å². The molecule has 3 rings (SSSR count). The average Bonchev–Trinajstić information content (AvgIpc) is 2.54. The van der Waals surface area contributed by atoms with E-state index in [2.05, 4.69) is 60.8 Å². The van der Waals surface area contributed by atoms with Gasteiger partial charge >= 0.3 is 0 Å². The van der Waals surface area contributed by atoms with Gasteiger partial charge in [0.15, 0.2) is 0 Å². The third kappa shape index (κ3) is 1.82. The zero-order valence-electron chi connectivity index (χ0n) is 10.1. The molecule has 0 unspecified atom stereocenters. The van der Waals surface area contributed by atoms with E-state index in [0.29, 0.717) is 6.04 Å². The van der Waals surface area contributed by atoms with Crippen molar-refractivity contribution >= 4 is 5.69 Å². The molecule has 2 aromatic carbocycles. The lowest BCUT2D eigenvalue weighted by Crippen LogP contribution is -2.09. The van der Waals surface area contributed by atoms with Crippen molar-refractivity contribution in [2.24, 2.45) is 0 Å². The number of rotatable bonds is 1. The van der Waals surface area contributed by atoms with Crippen LogP contribution in [-0.4, -0.2) is 0 Å². The second kappa shape index (κ2) is 4.25. The van der Waals surface area contributed by atoms with E-state index in [1.165, 1.54) is 22.4 Å². The molecule has 2 aromatic rings. The molecule has 1 atom stereocenters. The van der Waals surface area contributed by atoms with Gasteiger partial charge in [0, 0.05) is 5.69 Å². The summed E-state index contributed by atoms with van der Waals surface area (Å²) in [6, 6.07) is 17.9. The van der Waals surface area contributed by atoms with Crippen LogP contribution in [0.4, 0.5) is 5.69 Å². The summed E-state index contributed by atoms with van der Waals surface area (Å²) in [7, 11) is 0. The summed E-state index contributed by atoms with van der Waals surface area (Å²) in [5.74, 6) is 0. The summed E-state index contributed by atoms with van der Waals surface area (Å²) in [5, 5.41) is 3.67. The SMILES string of the molecule is CC[C@@H]1Nc2ccccc2Cc2ccccc21. The fourth-order valence-corrected chi connectivity index (χ4v) is 2.64. The number of benzene rings is 2. The van der Waals surface area contributed by atoms with Crippen LogP contribution < -0.4 is 5.32 Å². The highest BCUT2D eigenvalue weighted by Crippen LogP contribution is 2.33. The van der Waals surface area contributed by atoms with Crippen molar-refractivity contribution in [3.05, 3.63) is 65.2 Å². The molecule has 86 valence electrons. The molecule has 1 aliphatic heterocycles. The van der Waals surface area contributed by atoms with Crippen LogP contribution in [0.15, 0.2) is 48.5 Å². The van der Waals surface area contributed by atoms with Crippen LogP contribution in [0.25, 0.3) is 0 Å². The van der Waals surface area contributed by atoms with Gasteiger partial charge in [-0.15, -0.1) is 0 Å². The zero-order valence-corrected chi connectivity index (χ0v) is 10.1. The topological polar surface area (TPSA) is 12.0 Å². The van der Waals surface area contributed by atoms with Gasteiger partial charge in [-0.1, -0.05) is 49.4 Å². The Labute approximate surface area is 102 Å². The van der Waals surface area contributed by atoms with Gasteiger partial charge in [0.25, 0.3) is 0 Å². The lowest BCUT2D eigenvalue weighted by molar-refractivity contribution is 0.748. The number of hydrogen-bond acceptors (Lipinski definition) is 1. The average molecular weight is 223 g/mol. The van der Waals surface area contributed by atoms with Crippen LogP contribution in [0.2, 0.25) is 0 Å². The van der Waals surface area contributed by atoms with E-state index >= 15 is 0 Å². The van der Waals surface area contributed by atoms with E-state index in [0.717, 1.165) is 12.8 Å². The second-order valence-corrected chi connectivity index (χ2v) is 4.64. The quantitative estimate of drug-likeness (QED) is 0.765. The van der Waals surface area contributed by atoms with Crippen LogP contribution in [0.1, 0.15) is 36.1 Å². The van der Waals surface area contributed by atoms with Crippen molar-refractivity contribution in [2.45, 2.75) is 25.8 Å². The Morgan fingerprint density at radius 1 is 1.00 bits per heavy atom. The molecule has 0 fully saturated rings. The van der Waals surface area contributed by atoms with E-state index in [9.17, 15) is 0 Å². The molecule has 0 saturated heterocycles. The first-order valence-electron chi connectivity index (χ1n) is 6.30. The van der Waals surface area contributed by atoms with E-state index in [-0.39, 0.29) is 0 Å². The lowest BCUT2D eigenvalue weighted by atomic mass is 9.96. The highest BCUT2D eigenvalue weighted by atomic mass is 14.9. The number of anilines is 1. The van der Waals surface area contributed by atoms with Crippen molar-refractivity contribution < 1.29 is 0 Å². The minimum absolute atomic E-state index is 0.440. The Morgan fingerprint density at radius 3 is 2.53 bits per heavy atom. The monoisotopic (exact) mass is 223 g/mol.